The zero-order valence-electron chi connectivity index (χ0n) is 13.1. The first kappa shape index (κ1) is 16.3. The Kier molecular flexibility index (Phi) is 5.77. The van der Waals surface area contributed by atoms with Crippen molar-refractivity contribution in [2.24, 2.45) is 0 Å². The molecule has 1 aliphatic rings. The number of likely N-dealkylation sites (tertiary alicyclic amines) is 1. The summed E-state index contributed by atoms with van der Waals surface area (Å²) in [5.74, 6) is -0.548. The van der Waals surface area contributed by atoms with Crippen molar-refractivity contribution in [2.75, 3.05) is 32.1 Å². The van der Waals surface area contributed by atoms with Gasteiger partial charge in [0.05, 0.1) is 7.11 Å². The predicted octanol–water partition coefficient (Wildman–Crippen LogP) is 1.23. The van der Waals surface area contributed by atoms with Crippen LogP contribution in [0, 0.1) is 0 Å². The molecular formula is C16H23N3O3. The molecule has 120 valence electrons. The van der Waals surface area contributed by atoms with Gasteiger partial charge in [-0.05, 0) is 50.2 Å². The first-order chi connectivity index (χ1) is 10.6. The number of likely N-dealkylation sites (N-methyl/N-ethyl adjacent to an activating group) is 1. The van der Waals surface area contributed by atoms with E-state index in [0.29, 0.717) is 24.0 Å². The zero-order chi connectivity index (χ0) is 15.9. The SMILES string of the molecule is CCN1CCC[C@H]1CNC(=O)C(=O)Nc1ccc(OC)cc1. The van der Waals surface area contributed by atoms with Crippen LogP contribution in [-0.2, 0) is 9.59 Å². The quantitative estimate of drug-likeness (QED) is 0.803. The number of anilines is 1. The molecule has 1 aliphatic heterocycles. The van der Waals surface area contributed by atoms with E-state index >= 15 is 0 Å². The molecule has 1 aromatic rings. The van der Waals surface area contributed by atoms with Gasteiger partial charge in [0.25, 0.3) is 0 Å². The summed E-state index contributed by atoms with van der Waals surface area (Å²) in [5.41, 5.74) is 0.567. The molecule has 1 aromatic carbocycles. The highest BCUT2D eigenvalue weighted by molar-refractivity contribution is 6.39. The molecule has 6 nitrogen and oxygen atoms in total. The number of hydrogen-bond donors (Lipinski definition) is 2. The Morgan fingerprint density at radius 2 is 2.00 bits per heavy atom. The highest BCUT2D eigenvalue weighted by Crippen LogP contribution is 2.16. The van der Waals surface area contributed by atoms with Gasteiger partial charge in [-0.1, -0.05) is 6.92 Å². The molecule has 0 spiro atoms. The minimum Gasteiger partial charge on any atom is -0.497 e. The summed E-state index contributed by atoms with van der Waals surface area (Å²) < 4.78 is 5.04. The molecule has 2 amide bonds. The van der Waals surface area contributed by atoms with Crippen molar-refractivity contribution in [3.8, 4) is 5.75 Å². The van der Waals surface area contributed by atoms with Gasteiger partial charge in [-0.15, -0.1) is 0 Å². The fraction of sp³-hybridized carbons (Fsp3) is 0.500. The molecule has 0 saturated carbocycles. The van der Waals surface area contributed by atoms with Gasteiger partial charge < -0.3 is 15.4 Å². The van der Waals surface area contributed by atoms with Crippen LogP contribution in [0.2, 0.25) is 0 Å². The van der Waals surface area contributed by atoms with Gasteiger partial charge in [-0.3, -0.25) is 14.5 Å². The van der Waals surface area contributed by atoms with Crippen LogP contribution < -0.4 is 15.4 Å². The Labute approximate surface area is 130 Å². The predicted molar refractivity (Wildman–Crippen MR) is 84.9 cm³/mol. The summed E-state index contributed by atoms with van der Waals surface area (Å²) >= 11 is 0. The maximum Gasteiger partial charge on any atom is 0.313 e. The van der Waals surface area contributed by atoms with Gasteiger partial charge >= 0.3 is 11.8 Å². The van der Waals surface area contributed by atoms with Gasteiger partial charge in [0, 0.05) is 18.3 Å². The third kappa shape index (κ3) is 4.21. The van der Waals surface area contributed by atoms with Crippen LogP contribution in [0.3, 0.4) is 0 Å². The number of hydrogen-bond acceptors (Lipinski definition) is 4. The van der Waals surface area contributed by atoms with Gasteiger partial charge in [0.2, 0.25) is 0 Å². The lowest BCUT2D eigenvalue weighted by Crippen LogP contribution is -2.43. The van der Waals surface area contributed by atoms with Crippen LogP contribution in [0.5, 0.6) is 5.75 Å². The van der Waals surface area contributed by atoms with Crippen molar-refractivity contribution in [2.45, 2.75) is 25.8 Å². The molecule has 0 aromatic heterocycles. The highest BCUT2D eigenvalue weighted by atomic mass is 16.5. The Morgan fingerprint density at radius 1 is 1.27 bits per heavy atom. The molecule has 6 heteroatoms. The van der Waals surface area contributed by atoms with Gasteiger partial charge in [0.1, 0.15) is 5.75 Å². The number of carbonyl (C=O) groups excluding carboxylic acids is 2. The highest BCUT2D eigenvalue weighted by Gasteiger charge is 2.24. The van der Waals surface area contributed by atoms with Crippen LogP contribution in [0.15, 0.2) is 24.3 Å². The minimum absolute atomic E-state index is 0.336. The maximum absolute atomic E-state index is 11.9. The Balaban J connectivity index is 1.80. The van der Waals surface area contributed by atoms with Crippen molar-refractivity contribution < 1.29 is 14.3 Å². The average Bonchev–Trinajstić information content (AvgIpc) is 3.00. The smallest absolute Gasteiger partial charge is 0.313 e. The molecule has 22 heavy (non-hydrogen) atoms. The number of nitrogens with one attached hydrogen (secondary N) is 2. The standard InChI is InChI=1S/C16H23N3O3/c1-3-19-10-4-5-13(19)11-17-15(20)16(21)18-12-6-8-14(22-2)9-7-12/h6-9,13H,3-5,10-11H2,1-2H3,(H,17,20)(H,18,21)/t13-/m0/s1. The molecule has 2 N–H and O–H groups in total. The zero-order valence-corrected chi connectivity index (χ0v) is 13.1. The van der Waals surface area contributed by atoms with E-state index in [9.17, 15) is 9.59 Å². The normalized spacial score (nSPS) is 18.0. The first-order valence-electron chi connectivity index (χ1n) is 7.61. The van der Waals surface area contributed by atoms with Gasteiger partial charge in [-0.2, -0.15) is 0 Å². The van der Waals surface area contributed by atoms with Gasteiger partial charge in [0.15, 0.2) is 0 Å². The van der Waals surface area contributed by atoms with Crippen LogP contribution in [0.4, 0.5) is 5.69 Å². The second-order valence-electron chi connectivity index (χ2n) is 5.32. The number of methoxy groups -OCH3 is 1. The van der Waals surface area contributed by atoms with E-state index in [0.717, 1.165) is 25.9 Å². The third-order valence-electron chi connectivity index (χ3n) is 3.96. The summed E-state index contributed by atoms with van der Waals surface area (Å²) in [4.78, 5) is 26.0. The average molecular weight is 305 g/mol. The molecule has 1 saturated heterocycles. The van der Waals surface area contributed by atoms with Crippen LogP contribution in [-0.4, -0.2) is 49.5 Å². The number of benzene rings is 1. The molecule has 2 rings (SSSR count). The van der Waals surface area contributed by atoms with Crippen molar-refractivity contribution in [3.05, 3.63) is 24.3 Å². The molecule has 0 bridgehead atoms. The van der Waals surface area contributed by atoms with E-state index in [2.05, 4.69) is 22.5 Å². The summed E-state index contributed by atoms with van der Waals surface area (Å²) in [6.07, 6.45) is 2.21. The first-order valence-corrected chi connectivity index (χ1v) is 7.61. The number of nitrogens with zero attached hydrogens (tertiary/aromatic N) is 1. The van der Waals surface area contributed by atoms with E-state index in [1.807, 2.05) is 0 Å². The van der Waals surface area contributed by atoms with Crippen molar-refractivity contribution in [1.82, 2.24) is 10.2 Å². The van der Waals surface area contributed by atoms with Crippen molar-refractivity contribution >= 4 is 17.5 Å². The number of ether oxygens (including phenoxy) is 1. The van der Waals surface area contributed by atoms with E-state index in [1.165, 1.54) is 0 Å². The second-order valence-corrected chi connectivity index (χ2v) is 5.32. The summed E-state index contributed by atoms with van der Waals surface area (Å²) in [6.45, 7) is 4.66. The summed E-state index contributed by atoms with van der Waals surface area (Å²) in [5, 5.41) is 5.29. The molecule has 0 unspecified atom stereocenters. The lowest BCUT2D eigenvalue weighted by Gasteiger charge is -2.22. The van der Waals surface area contributed by atoms with E-state index < -0.39 is 11.8 Å². The Bertz CT molecular complexity index is 516. The van der Waals surface area contributed by atoms with E-state index in [1.54, 1.807) is 31.4 Å². The molecule has 0 aliphatic carbocycles. The molecule has 0 radical (unpaired) electrons. The maximum atomic E-state index is 11.9. The largest absolute Gasteiger partial charge is 0.497 e. The monoisotopic (exact) mass is 305 g/mol. The van der Waals surface area contributed by atoms with Crippen LogP contribution in [0.25, 0.3) is 0 Å². The lowest BCUT2D eigenvalue weighted by atomic mass is 10.2. The third-order valence-corrected chi connectivity index (χ3v) is 3.96. The topological polar surface area (TPSA) is 70.7 Å². The van der Waals surface area contributed by atoms with Crippen molar-refractivity contribution in [1.29, 1.82) is 0 Å². The second kappa shape index (κ2) is 7.79. The van der Waals surface area contributed by atoms with Crippen LogP contribution >= 0.6 is 0 Å². The number of carbonyl (C=O) groups is 2. The van der Waals surface area contributed by atoms with E-state index in [-0.39, 0.29) is 0 Å². The molecule has 1 fully saturated rings. The van der Waals surface area contributed by atoms with Crippen LogP contribution in [0.1, 0.15) is 19.8 Å². The fourth-order valence-corrected chi connectivity index (χ4v) is 2.70. The minimum atomic E-state index is -0.647. The van der Waals surface area contributed by atoms with Crippen molar-refractivity contribution in [3.63, 3.8) is 0 Å². The number of rotatable bonds is 5. The lowest BCUT2D eigenvalue weighted by molar-refractivity contribution is -0.136. The Hall–Kier alpha value is -2.08. The Morgan fingerprint density at radius 3 is 2.64 bits per heavy atom. The fourth-order valence-electron chi connectivity index (χ4n) is 2.70. The number of amides is 2. The van der Waals surface area contributed by atoms with E-state index in [4.69, 9.17) is 4.74 Å². The molecule has 1 heterocycles. The summed E-state index contributed by atoms with van der Waals surface area (Å²) in [7, 11) is 1.57. The molecule has 1 atom stereocenters. The van der Waals surface area contributed by atoms with Gasteiger partial charge in [-0.25, -0.2) is 0 Å². The summed E-state index contributed by atoms with van der Waals surface area (Å²) in [6, 6.07) is 7.18. The molecular weight excluding hydrogens is 282 g/mol.